The summed E-state index contributed by atoms with van der Waals surface area (Å²) in [7, 11) is 2.13. The van der Waals surface area contributed by atoms with Gasteiger partial charge >= 0.3 is 0 Å². The fourth-order valence-electron chi connectivity index (χ4n) is 4.16. The molecule has 25 heavy (non-hydrogen) atoms. The normalized spacial score (nSPS) is 12.2. The fourth-order valence-corrected chi connectivity index (χ4v) is 4.16. The van der Waals surface area contributed by atoms with Crippen LogP contribution in [-0.4, -0.2) is 4.57 Å². The Kier molecular flexibility index (Phi) is 2.31. The monoisotopic (exact) mass is 321 g/mol. The summed E-state index contributed by atoms with van der Waals surface area (Å²) in [5.74, 6) is 0. The topological polar surface area (TPSA) is 18.1 Å². The first kappa shape index (κ1) is 13.1. The van der Waals surface area contributed by atoms with Gasteiger partial charge in [-0.15, -0.1) is 0 Å². The minimum atomic E-state index is 0.954. The average Bonchev–Trinajstić information content (AvgIpc) is 3.16. The first-order chi connectivity index (χ1) is 12.3. The molecule has 2 heteroatoms. The third kappa shape index (κ3) is 1.59. The molecule has 0 aliphatic rings. The molecule has 2 heterocycles. The molecular formula is C23H15NO. The van der Waals surface area contributed by atoms with Gasteiger partial charge in [0.15, 0.2) is 0 Å². The standard InChI is InChI=1S/C23H15NO/c1-24-20-9-5-4-8-16(20)18-13-22-19(12-21(18)24)17-11-10-14-6-2-3-7-15(14)23(17)25-22/h2-13H,1H3. The van der Waals surface area contributed by atoms with Gasteiger partial charge in [0.05, 0.1) is 0 Å². The van der Waals surface area contributed by atoms with Crippen LogP contribution in [0.3, 0.4) is 0 Å². The Morgan fingerprint density at radius 2 is 1.44 bits per heavy atom. The molecule has 0 atom stereocenters. The highest BCUT2D eigenvalue weighted by atomic mass is 16.3. The molecule has 2 nitrogen and oxygen atoms in total. The minimum Gasteiger partial charge on any atom is -0.455 e. The molecule has 0 spiro atoms. The fraction of sp³-hybridized carbons (Fsp3) is 0.0435. The van der Waals surface area contributed by atoms with Gasteiger partial charge in [-0.25, -0.2) is 0 Å². The Hall–Kier alpha value is -3.26. The van der Waals surface area contributed by atoms with Crippen molar-refractivity contribution in [1.29, 1.82) is 0 Å². The number of furan rings is 1. The molecule has 4 aromatic carbocycles. The maximum Gasteiger partial charge on any atom is 0.143 e. The van der Waals surface area contributed by atoms with E-state index >= 15 is 0 Å². The van der Waals surface area contributed by atoms with Crippen LogP contribution < -0.4 is 0 Å². The van der Waals surface area contributed by atoms with Crippen molar-refractivity contribution >= 4 is 54.5 Å². The van der Waals surface area contributed by atoms with E-state index in [9.17, 15) is 0 Å². The van der Waals surface area contributed by atoms with Crippen LogP contribution in [0, 0.1) is 0 Å². The van der Waals surface area contributed by atoms with Gasteiger partial charge in [-0.3, -0.25) is 0 Å². The van der Waals surface area contributed by atoms with E-state index in [-0.39, 0.29) is 0 Å². The molecule has 0 saturated carbocycles. The zero-order valence-corrected chi connectivity index (χ0v) is 13.8. The van der Waals surface area contributed by atoms with Crippen LogP contribution in [0.2, 0.25) is 0 Å². The van der Waals surface area contributed by atoms with Gasteiger partial charge in [-0.05, 0) is 29.7 Å². The molecule has 0 fully saturated rings. The lowest BCUT2D eigenvalue weighted by Crippen LogP contribution is -1.85. The van der Waals surface area contributed by atoms with Gasteiger partial charge < -0.3 is 8.98 Å². The average molecular weight is 321 g/mol. The summed E-state index contributed by atoms with van der Waals surface area (Å²) in [6.07, 6.45) is 0. The third-order valence-corrected chi connectivity index (χ3v) is 5.40. The summed E-state index contributed by atoms with van der Waals surface area (Å²) in [6.45, 7) is 0. The highest BCUT2D eigenvalue weighted by Gasteiger charge is 2.14. The molecule has 6 rings (SSSR count). The molecule has 0 bridgehead atoms. The number of aromatic nitrogens is 1. The molecule has 118 valence electrons. The van der Waals surface area contributed by atoms with Gasteiger partial charge in [-0.1, -0.05) is 48.5 Å². The Morgan fingerprint density at radius 1 is 0.640 bits per heavy atom. The molecule has 0 saturated heterocycles. The number of aryl methyl sites for hydroxylation is 1. The molecule has 2 aromatic heterocycles. The van der Waals surface area contributed by atoms with Gasteiger partial charge in [0.25, 0.3) is 0 Å². The largest absolute Gasteiger partial charge is 0.455 e. The second kappa shape index (κ2) is 4.42. The Morgan fingerprint density at radius 3 is 2.36 bits per heavy atom. The Balaban J connectivity index is 1.86. The number of benzene rings is 4. The smallest absolute Gasteiger partial charge is 0.143 e. The summed E-state index contributed by atoms with van der Waals surface area (Å²) in [4.78, 5) is 0. The predicted molar refractivity (Wildman–Crippen MR) is 105 cm³/mol. The number of para-hydroxylation sites is 1. The SMILES string of the molecule is Cn1c2ccccc2c2cc3oc4c5ccccc5ccc4c3cc21. The van der Waals surface area contributed by atoms with Gasteiger partial charge in [-0.2, -0.15) is 0 Å². The van der Waals surface area contributed by atoms with E-state index in [2.05, 4.69) is 84.4 Å². The lowest BCUT2D eigenvalue weighted by atomic mass is 10.1. The van der Waals surface area contributed by atoms with E-state index in [1.54, 1.807) is 0 Å². The number of hydrogen-bond donors (Lipinski definition) is 0. The minimum absolute atomic E-state index is 0.954. The highest BCUT2D eigenvalue weighted by Crippen LogP contribution is 2.38. The molecule has 0 N–H and O–H groups in total. The van der Waals surface area contributed by atoms with Crippen molar-refractivity contribution in [2.75, 3.05) is 0 Å². The third-order valence-electron chi connectivity index (χ3n) is 5.40. The number of rotatable bonds is 0. The lowest BCUT2D eigenvalue weighted by molar-refractivity contribution is 0.673. The van der Waals surface area contributed by atoms with Crippen LogP contribution in [0.1, 0.15) is 0 Å². The molecule has 0 radical (unpaired) electrons. The van der Waals surface area contributed by atoms with Crippen molar-refractivity contribution in [3.63, 3.8) is 0 Å². The Bertz CT molecular complexity index is 1450. The summed E-state index contributed by atoms with van der Waals surface area (Å²) in [5, 5.41) is 7.26. The first-order valence-corrected chi connectivity index (χ1v) is 8.52. The Labute approximate surface area is 143 Å². The van der Waals surface area contributed by atoms with Gasteiger partial charge in [0.2, 0.25) is 0 Å². The van der Waals surface area contributed by atoms with Crippen LogP contribution in [0.15, 0.2) is 77.2 Å². The second-order valence-electron chi connectivity index (χ2n) is 6.71. The molecule has 0 aliphatic carbocycles. The molecule has 6 aromatic rings. The first-order valence-electron chi connectivity index (χ1n) is 8.52. The van der Waals surface area contributed by atoms with E-state index in [4.69, 9.17) is 4.42 Å². The van der Waals surface area contributed by atoms with Crippen molar-refractivity contribution in [1.82, 2.24) is 4.57 Å². The summed E-state index contributed by atoms with van der Waals surface area (Å²) in [6, 6.07) is 25.8. The van der Waals surface area contributed by atoms with Crippen molar-refractivity contribution in [2.45, 2.75) is 0 Å². The van der Waals surface area contributed by atoms with Gasteiger partial charge in [0, 0.05) is 45.0 Å². The maximum atomic E-state index is 6.32. The van der Waals surface area contributed by atoms with Crippen molar-refractivity contribution in [3.05, 3.63) is 72.8 Å². The lowest BCUT2D eigenvalue weighted by Gasteiger charge is -1.98. The molecule has 0 unspecified atom stereocenters. The van der Waals surface area contributed by atoms with Crippen LogP contribution in [-0.2, 0) is 7.05 Å². The zero-order valence-electron chi connectivity index (χ0n) is 13.8. The van der Waals surface area contributed by atoms with Crippen molar-refractivity contribution in [3.8, 4) is 0 Å². The van der Waals surface area contributed by atoms with Crippen molar-refractivity contribution < 1.29 is 4.42 Å². The maximum absolute atomic E-state index is 6.32. The van der Waals surface area contributed by atoms with E-state index < -0.39 is 0 Å². The van der Waals surface area contributed by atoms with E-state index in [0.29, 0.717) is 0 Å². The quantitative estimate of drug-likeness (QED) is 0.317. The molecule has 0 aliphatic heterocycles. The highest BCUT2D eigenvalue weighted by molar-refractivity contribution is 6.19. The zero-order chi connectivity index (χ0) is 16.5. The molecular weight excluding hydrogens is 306 g/mol. The van der Waals surface area contributed by atoms with Crippen LogP contribution in [0.25, 0.3) is 54.5 Å². The van der Waals surface area contributed by atoms with E-state index in [1.165, 1.54) is 43.4 Å². The summed E-state index contributed by atoms with van der Waals surface area (Å²) < 4.78 is 8.59. The number of hydrogen-bond acceptors (Lipinski definition) is 1. The van der Waals surface area contributed by atoms with Crippen LogP contribution in [0.5, 0.6) is 0 Å². The molecule has 0 amide bonds. The second-order valence-corrected chi connectivity index (χ2v) is 6.71. The van der Waals surface area contributed by atoms with Gasteiger partial charge in [0.1, 0.15) is 11.2 Å². The van der Waals surface area contributed by atoms with Crippen LogP contribution >= 0.6 is 0 Å². The van der Waals surface area contributed by atoms with E-state index in [0.717, 1.165) is 11.2 Å². The number of fused-ring (bicyclic) bond motifs is 8. The predicted octanol–water partition coefficient (Wildman–Crippen LogP) is 6.38. The summed E-state index contributed by atoms with van der Waals surface area (Å²) in [5.41, 5.74) is 4.42. The summed E-state index contributed by atoms with van der Waals surface area (Å²) >= 11 is 0. The van der Waals surface area contributed by atoms with Crippen LogP contribution in [0.4, 0.5) is 0 Å². The van der Waals surface area contributed by atoms with Crippen molar-refractivity contribution in [2.24, 2.45) is 7.05 Å². The number of nitrogens with zero attached hydrogens (tertiary/aromatic N) is 1. The van der Waals surface area contributed by atoms with E-state index in [1.807, 2.05) is 0 Å².